The van der Waals surface area contributed by atoms with Crippen molar-refractivity contribution in [1.82, 2.24) is 9.80 Å². The molecule has 2 atom stereocenters. The standard InChI is InChI=1S/C8H15ClN2O/c1-6-4-11(8(9)12)5-7(2)10(6)3/h6-7H,4-5H2,1-3H3. The molecule has 4 heteroatoms. The van der Waals surface area contributed by atoms with Gasteiger partial charge in [0.15, 0.2) is 0 Å². The summed E-state index contributed by atoms with van der Waals surface area (Å²) in [5.74, 6) is 0. The van der Waals surface area contributed by atoms with Crippen LogP contribution in [0.25, 0.3) is 0 Å². The molecule has 0 aromatic heterocycles. The summed E-state index contributed by atoms with van der Waals surface area (Å²) in [6.45, 7) is 5.68. The average molecular weight is 191 g/mol. The zero-order valence-corrected chi connectivity index (χ0v) is 8.51. The first-order chi connectivity index (χ1) is 5.52. The van der Waals surface area contributed by atoms with Gasteiger partial charge in [-0.05, 0) is 32.5 Å². The Hall–Kier alpha value is -0.280. The molecule has 1 aliphatic rings. The Morgan fingerprint density at radius 3 is 2.08 bits per heavy atom. The molecule has 1 amide bonds. The van der Waals surface area contributed by atoms with Crippen molar-refractivity contribution in [2.75, 3.05) is 20.1 Å². The van der Waals surface area contributed by atoms with E-state index in [0.29, 0.717) is 12.1 Å². The maximum atomic E-state index is 10.9. The normalized spacial score (nSPS) is 32.2. The summed E-state index contributed by atoms with van der Waals surface area (Å²) in [6, 6.07) is 0.799. The van der Waals surface area contributed by atoms with Gasteiger partial charge in [-0.25, -0.2) is 0 Å². The first-order valence-corrected chi connectivity index (χ1v) is 4.56. The molecular formula is C8H15ClN2O. The van der Waals surface area contributed by atoms with Gasteiger partial charge in [-0.2, -0.15) is 0 Å². The first kappa shape index (κ1) is 9.81. The number of nitrogens with zero attached hydrogens (tertiary/aromatic N) is 2. The van der Waals surface area contributed by atoms with Crippen molar-refractivity contribution >= 4 is 17.0 Å². The maximum absolute atomic E-state index is 10.9. The summed E-state index contributed by atoms with van der Waals surface area (Å²) >= 11 is 5.40. The van der Waals surface area contributed by atoms with Gasteiger partial charge in [0.2, 0.25) is 0 Å². The van der Waals surface area contributed by atoms with Gasteiger partial charge in [-0.1, -0.05) is 0 Å². The molecular weight excluding hydrogens is 176 g/mol. The van der Waals surface area contributed by atoms with Gasteiger partial charge < -0.3 is 4.90 Å². The van der Waals surface area contributed by atoms with Gasteiger partial charge in [0.1, 0.15) is 0 Å². The van der Waals surface area contributed by atoms with Crippen LogP contribution in [0.4, 0.5) is 4.79 Å². The predicted octanol–water partition coefficient (Wildman–Crippen LogP) is 1.37. The molecule has 0 aromatic rings. The first-order valence-electron chi connectivity index (χ1n) is 4.18. The van der Waals surface area contributed by atoms with Gasteiger partial charge >= 0.3 is 5.37 Å². The molecule has 1 heterocycles. The van der Waals surface area contributed by atoms with Crippen molar-refractivity contribution in [2.45, 2.75) is 25.9 Å². The lowest BCUT2D eigenvalue weighted by Crippen LogP contribution is -2.55. The minimum atomic E-state index is -0.332. The third kappa shape index (κ3) is 1.90. The number of carbonyl (C=O) groups is 1. The van der Waals surface area contributed by atoms with E-state index < -0.39 is 0 Å². The van der Waals surface area contributed by atoms with Crippen molar-refractivity contribution in [3.05, 3.63) is 0 Å². The van der Waals surface area contributed by atoms with Crippen LogP contribution in [-0.4, -0.2) is 47.4 Å². The molecule has 12 heavy (non-hydrogen) atoms. The Morgan fingerprint density at radius 2 is 1.75 bits per heavy atom. The predicted molar refractivity (Wildman–Crippen MR) is 49.5 cm³/mol. The number of likely N-dealkylation sites (N-methyl/N-ethyl adjacent to an activating group) is 1. The molecule has 0 N–H and O–H groups in total. The van der Waals surface area contributed by atoms with Crippen LogP contribution >= 0.6 is 11.6 Å². The summed E-state index contributed by atoms with van der Waals surface area (Å²) in [5.41, 5.74) is 0. The molecule has 0 bridgehead atoms. The minimum absolute atomic E-state index is 0.332. The molecule has 1 fully saturated rings. The van der Waals surface area contributed by atoms with Gasteiger partial charge in [0, 0.05) is 25.2 Å². The topological polar surface area (TPSA) is 23.6 Å². The highest BCUT2D eigenvalue weighted by Crippen LogP contribution is 2.14. The SMILES string of the molecule is CC1CN(C(=O)Cl)CC(C)N1C. The van der Waals surface area contributed by atoms with Crippen LogP contribution in [0.2, 0.25) is 0 Å². The highest BCUT2D eigenvalue weighted by Gasteiger charge is 2.28. The Bertz CT molecular complexity index is 174. The fourth-order valence-electron chi connectivity index (χ4n) is 1.55. The highest BCUT2D eigenvalue weighted by molar-refractivity contribution is 6.62. The molecule has 70 valence electrons. The van der Waals surface area contributed by atoms with Crippen LogP contribution in [-0.2, 0) is 0 Å². The van der Waals surface area contributed by atoms with E-state index in [0.717, 1.165) is 13.1 Å². The van der Waals surface area contributed by atoms with E-state index in [2.05, 4.69) is 25.8 Å². The molecule has 0 aliphatic carbocycles. The lowest BCUT2D eigenvalue weighted by Gasteiger charge is -2.41. The maximum Gasteiger partial charge on any atom is 0.316 e. The molecule has 1 saturated heterocycles. The quantitative estimate of drug-likeness (QED) is 0.426. The van der Waals surface area contributed by atoms with E-state index in [1.54, 1.807) is 4.90 Å². The van der Waals surface area contributed by atoms with E-state index in [9.17, 15) is 4.79 Å². The smallest absolute Gasteiger partial charge is 0.316 e. The van der Waals surface area contributed by atoms with Crippen molar-refractivity contribution in [3.8, 4) is 0 Å². The molecule has 0 spiro atoms. The van der Waals surface area contributed by atoms with Crippen molar-refractivity contribution in [2.24, 2.45) is 0 Å². The fourth-order valence-corrected chi connectivity index (χ4v) is 1.69. The highest BCUT2D eigenvalue weighted by atomic mass is 35.5. The van der Waals surface area contributed by atoms with E-state index in [-0.39, 0.29) is 5.37 Å². The second kappa shape index (κ2) is 3.62. The molecule has 2 unspecified atom stereocenters. The Morgan fingerprint density at radius 1 is 1.33 bits per heavy atom. The zero-order chi connectivity index (χ0) is 9.30. The van der Waals surface area contributed by atoms with Crippen molar-refractivity contribution in [1.29, 1.82) is 0 Å². The van der Waals surface area contributed by atoms with Crippen LogP contribution in [0.3, 0.4) is 0 Å². The van der Waals surface area contributed by atoms with Crippen LogP contribution in [0.5, 0.6) is 0 Å². The third-order valence-electron chi connectivity index (χ3n) is 2.61. The summed E-state index contributed by atoms with van der Waals surface area (Å²) in [4.78, 5) is 14.8. The molecule has 0 radical (unpaired) electrons. The van der Waals surface area contributed by atoms with Crippen LogP contribution in [0, 0.1) is 0 Å². The minimum Gasteiger partial charge on any atom is -0.326 e. The van der Waals surface area contributed by atoms with E-state index in [1.165, 1.54) is 0 Å². The Kier molecular flexibility index (Phi) is 2.96. The second-order valence-electron chi connectivity index (χ2n) is 3.52. The summed E-state index contributed by atoms with van der Waals surface area (Å²) in [7, 11) is 2.07. The zero-order valence-electron chi connectivity index (χ0n) is 7.75. The molecule has 1 rings (SSSR count). The number of carbonyl (C=O) groups excluding carboxylic acids is 1. The number of piperazine rings is 1. The molecule has 0 aromatic carbocycles. The van der Waals surface area contributed by atoms with Gasteiger partial charge in [0.05, 0.1) is 0 Å². The number of amides is 1. The summed E-state index contributed by atoms with van der Waals surface area (Å²) in [5, 5.41) is -0.332. The van der Waals surface area contributed by atoms with E-state index in [4.69, 9.17) is 11.6 Å². The molecule has 3 nitrogen and oxygen atoms in total. The van der Waals surface area contributed by atoms with E-state index in [1.807, 2.05) is 0 Å². The number of halogens is 1. The van der Waals surface area contributed by atoms with Crippen LogP contribution in [0.15, 0.2) is 0 Å². The summed E-state index contributed by atoms with van der Waals surface area (Å²) in [6.07, 6.45) is 0. The van der Waals surface area contributed by atoms with Gasteiger partial charge in [-0.15, -0.1) is 0 Å². The Labute approximate surface area is 78.3 Å². The average Bonchev–Trinajstić information content (AvgIpc) is 1.99. The number of hydrogen-bond donors (Lipinski definition) is 0. The largest absolute Gasteiger partial charge is 0.326 e. The lowest BCUT2D eigenvalue weighted by molar-refractivity contribution is 0.0851. The van der Waals surface area contributed by atoms with Crippen molar-refractivity contribution in [3.63, 3.8) is 0 Å². The van der Waals surface area contributed by atoms with Gasteiger partial charge in [-0.3, -0.25) is 9.69 Å². The van der Waals surface area contributed by atoms with Crippen LogP contribution in [0.1, 0.15) is 13.8 Å². The van der Waals surface area contributed by atoms with E-state index >= 15 is 0 Å². The second-order valence-corrected chi connectivity index (χ2v) is 3.84. The molecule has 1 aliphatic heterocycles. The third-order valence-corrected chi connectivity index (χ3v) is 2.85. The number of hydrogen-bond acceptors (Lipinski definition) is 2. The lowest BCUT2D eigenvalue weighted by atomic mass is 10.1. The molecule has 0 saturated carbocycles. The Balaban J connectivity index is 2.59. The monoisotopic (exact) mass is 190 g/mol. The van der Waals surface area contributed by atoms with Gasteiger partial charge in [0.25, 0.3) is 0 Å². The summed E-state index contributed by atoms with van der Waals surface area (Å²) < 4.78 is 0. The number of rotatable bonds is 0. The fraction of sp³-hybridized carbons (Fsp3) is 0.875. The van der Waals surface area contributed by atoms with Crippen LogP contribution < -0.4 is 0 Å². The van der Waals surface area contributed by atoms with Crippen molar-refractivity contribution < 1.29 is 4.79 Å².